The third-order valence-corrected chi connectivity index (χ3v) is 6.66. The lowest BCUT2D eigenvalue weighted by Gasteiger charge is -2.19. The van der Waals surface area contributed by atoms with Crippen LogP contribution in [-0.2, 0) is 10.0 Å². The molecule has 0 amide bonds. The monoisotopic (exact) mass is 310 g/mol. The lowest BCUT2D eigenvalue weighted by Crippen LogP contribution is -2.34. The largest absolute Gasteiger partial charge is 0.330 e. The number of halogens is 1. The van der Waals surface area contributed by atoms with Crippen molar-refractivity contribution in [2.24, 2.45) is 11.7 Å². The van der Waals surface area contributed by atoms with Crippen LogP contribution >= 0.6 is 23.7 Å². The van der Waals surface area contributed by atoms with E-state index in [2.05, 4.69) is 0 Å². The number of thiophene rings is 1. The Bertz CT molecular complexity index is 501. The molecule has 1 fully saturated rings. The summed E-state index contributed by atoms with van der Waals surface area (Å²) in [6.45, 7) is 4.98. The maximum Gasteiger partial charge on any atom is 0.252 e. The molecule has 2 unspecified atom stereocenters. The highest BCUT2D eigenvalue weighted by atomic mass is 35.5. The average molecular weight is 311 g/mol. The fourth-order valence-corrected chi connectivity index (χ4v) is 5.41. The first kappa shape index (κ1) is 15.9. The molecule has 4 nitrogen and oxygen atoms in total. The Morgan fingerprint density at radius 3 is 2.61 bits per heavy atom. The van der Waals surface area contributed by atoms with E-state index in [0.29, 0.717) is 23.2 Å². The number of nitrogens with two attached hydrogens (primary N) is 1. The Morgan fingerprint density at radius 1 is 1.50 bits per heavy atom. The Kier molecular flexibility index (Phi) is 5.20. The molecule has 1 aliphatic rings. The average Bonchev–Trinajstić information content (AvgIpc) is 2.85. The van der Waals surface area contributed by atoms with E-state index in [9.17, 15) is 8.42 Å². The molecule has 2 atom stereocenters. The van der Waals surface area contributed by atoms with Crippen LogP contribution in [0.25, 0.3) is 0 Å². The summed E-state index contributed by atoms with van der Waals surface area (Å²) in [5.41, 5.74) is 5.63. The van der Waals surface area contributed by atoms with Crippen LogP contribution in [0.1, 0.15) is 18.2 Å². The van der Waals surface area contributed by atoms with Gasteiger partial charge in [-0.2, -0.15) is 4.31 Å². The molecule has 0 saturated carbocycles. The zero-order valence-electron chi connectivity index (χ0n) is 10.5. The number of nitrogens with zero attached hydrogens (tertiary/aromatic N) is 1. The molecule has 18 heavy (non-hydrogen) atoms. The summed E-state index contributed by atoms with van der Waals surface area (Å²) >= 11 is 1.33. The molecular formula is C11H19ClN2O2S2. The standard InChI is InChI=1S/C11H18N2O2S2.ClH/c1-8-5-10(6-12)7-13(8)17(14,15)11-4-3-9(2)16-11;/h3-4,8,10H,5-7,12H2,1-2H3;1H. The van der Waals surface area contributed by atoms with Crippen molar-refractivity contribution in [2.75, 3.05) is 13.1 Å². The molecule has 1 aromatic rings. The molecule has 2 N–H and O–H groups in total. The molecule has 0 aromatic carbocycles. The summed E-state index contributed by atoms with van der Waals surface area (Å²) in [5.74, 6) is 0.292. The highest BCUT2D eigenvalue weighted by Crippen LogP contribution is 2.31. The number of sulfonamides is 1. The number of hydrogen-bond acceptors (Lipinski definition) is 4. The third-order valence-electron chi connectivity index (χ3n) is 3.22. The summed E-state index contributed by atoms with van der Waals surface area (Å²) in [7, 11) is -3.31. The van der Waals surface area contributed by atoms with Gasteiger partial charge in [-0.05, 0) is 44.9 Å². The van der Waals surface area contributed by atoms with Crippen LogP contribution in [0.4, 0.5) is 0 Å². The quantitative estimate of drug-likeness (QED) is 0.926. The molecule has 7 heteroatoms. The molecule has 0 aliphatic carbocycles. The van der Waals surface area contributed by atoms with Crippen LogP contribution in [0.5, 0.6) is 0 Å². The molecule has 2 heterocycles. The lowest BCUT2D eigenvalue weighted by atomic mass is 10.1. The van der Waals surface area contributed by atoms with Crippen molar-refractivity contribution in [2.45, 2.75) is 30.5 Å². The van der Waals surface area contributed by atoms with Crippen LogP contribution in [-0.4, -0.2) is 31.9 Å². The first-order valence-electron chi connectivity index (χ1n) is 5.73. The van der Waals surface area contributed by atoms with Gasteiger partial charge in [0, 0.05) is 17.5 Å². The molecule has 1 aromatic heterocycles. The molecule has 0 radical (unpaired) electrons. The summed E-state index contributed by atoms with van der Waals surface area (Å²) in [5, 5.41) is 0. The van der Waals surface area contributed by atoms with Crippen LogP contribution in [0, 0.1) is 12.8 Å². The SMILES string of the molecule is Cc1ccc(S(=O)(=O)N2CC(CN)CC2C)s1.Cl. The Balaban J connectivity index is 0.00000162. The predicted octanol–water partition coefficient (Wildman–Crippen LogP) is 1.84. The van der Waals surface area contributed by atoms with Gasteiger partial charge in [-0.3, -0.25) is 0 Å². The molecule has 0 spiro atoms. The van der Waals surface area contributed by atoms with Gasteiger partial charge in [-0.15, -0.1) is 23.7 Å². The highest BCUT2D eigenvalue weighted by Gasteiger charge is 2.37. The van der Waals surface area contributed by atoms with Gasteiger partial charge in [0.1, 0.15) is 4.21 Å². The van der Waals surface area contributed by atoms with E-state index in [1.807, 2.05) is 19.9 Å². The Hall–Kier alpha value is -0.140. The maximum absolute atomic E-state index is 12.4. The maximum atomic E-state index is 12.4. The van der Waals surface area contributed by atoms with Gasteiger partial charge in [0.2, 0.25) is 0 Å². The minimum atomic E-state index is -3.31. The predicted molar refractivity (Wildman–Crippen MR) is 76.8 cm³/mol. The van der Waals surface area contributed by atoms with Crippen molar-refractivity contribution in [3.8, 4) is 0 Å². The molecular weight excluding hydrogens is 292 g/mol. The molecule has 0 bridgehead atoms. The van der Waals surface area contributed by atoms with Crippen molar-refractivity contribution in [3.05, 3.63) is 17.0 Å². The van der Waals surface area contributed by atoms with Crippen molar-refractivity contribution in [3.63, 3.8) is 0 Å². The molecule has 1 saturated heterocycles. The smallest absolute Gasteiger partial charge is 0.252 e. The first-order valence-corrected chi connectivity index (χ1v) is 7.99. The lowest BCUT2D eigenvalue weighted by molar-refractivity contribution is 0.406. The van der Waals surface area contributed by atoms with Crippen molar-refractivity contribution < 1.29 is 8.42 Å². The zero-order valence-corrected chi connectivity index (χ0v) is 12.9. The minimum Gasteiger partial charge on any atom is -0.330 e. The zero-order chi connectivity index (χ0) is 12.6. The summed E-state index contributed by atoms with van der Waals surface area (Å²) in [6, 6.07) is 3.59. The van der Waals surface area contributed by atoms with Crippen molar-refractivity contribution in [1.29, 1.82) is 0 Å². The fourth-order valence-electron chi connectivity index (χ4n) is 2.28. The van der Waals surface area contributed by atoms with Crippen LogP contribution in [0.2, 0.25) is 0 Å². The fraction of sp³-hybridized carbons (Fsp3) is 0.636. The van der Waals surface area contributed by atoms with Gasteiger partial charge in [-0.1, -0.05) is 0 Å². The van der Waals surface area contributed by atoms with Gasteiger partial charge in [0.05, 0.1) is 0 Å². The van der Waals surface area contributed by atoms with E-state index in [1.54, 1.807) is 10.4 Å². The first-order chi connectivity index (χ1) is 7.95. The van der Waals surface area contributed by atoms with E-state index in [1.165, 1.54) is 11.3 Å². The minimum absolute atomic E-state index is 0. The van der Waals surface area contributed by atoms with E-state index in [4.69, 9.17) is 5.73 Å². The molecule has 104 valence electrons. The summed E-state index contributed by atoms with van der Waals surface area (Å²) in [4.78, 5) is 1.02. The van der Waals surface area contributed by atoms with Crippen molar-refractivity contribution >= 4 is 33.8 Å². The summed E-state index contributed by atoms with van der Waals surface area (Å²) < 4.78 is 26.9. The van der Waals surface area contributed by atoms with E-state index in [-0.39, 0.29) is 18.4 Å². The normalized spacial score (nSPS) is 25.1. The topological polar surface area (TPSA) is 63.4 Å². The Morgan fingerprint density at radius 2 is 2.17 bits per heavy atom. The van der Waals surface area contributed by atoms with Gasteiger partial charge in [0.25, 0.3) is 10.0 Å². The van der Waals surface area contributed by atoms with E-state index < -0.39 is 10.0 Å². The Labute approximate surface area is 119 Å². The summed E-state index contributed by atoms with van der Waals surface area (Å²) in [6.07, 6.45) is 0.861. The van der Waals surface area contributed by atoms with Gasteiger partial charge in [-0.25, -0.2) is 8.42 Å². The second-order valence-corrected chi connectivity index (χ2v) is 8.03. The van der Waals surface area contributed by atoms with Gasteiger partial charge in [0.15, 0.2) is 0 Å². The number of rotatable bonds is 3. The highest BCUT2D eigenvalue weighted by molar-refractivity contribution is 7.91. The molecule has 2 rings (SSSR count). The second-order valence-electron chi connectivity index (χ2n) is 4.63. The number of hydrogen-bond donors (Lipinski definition) is 1. The van der Waals surface area contributed by atoms with Gasteiger partial charge >= 0.3 is 0 Å². The molecule has 1 aliphatic heterocycles. The second kappa shape index (κ2) is 5.88. The third kappa shape index (κ3) is 2.88. The van der Waals surface area contributed by atoms with E-state index >= 15 is 0 Å². The van der Waals surface area contributed by atoms with Crippen LogP contribution in [0.3, 0.4) is 0 Å². The van der Waals surface area contributed by atoms with Crippen LogP contribution in [0.15, 0.2) is 16.3 Å². The number of aryl methyl sites for hydroxylation is 1. The van der Waals surface area contributed by atoms with E-state index in [0.717, 1.165) is 11.3 Å². The van der Waals surface area contributed by atoms with Gasteiger partial charge < -0.3 is 5.73 Å². The van der Waals surface area contributed by atoms with Crippen LogP contribution < -0.4 is 5.73 Å². The van der Waals surface area contributed by atoms with Crippen molar-refractivity contribution in [1.82, 2.24) is 4.31 Å².